The first kappa shape index (κ1) is 17.1. The van der Waals surface area contributed by atoms with Gasteiger partial charge in [0.1, 0.15) is 5.69 Å². The summed E-state index contributed by atoms with van der Waals surface area (Å²) in [7, 11) is 0. The molecule has 124 valence electrons. The molecule has 0 aliphatic rings. The van der Waals surface area contributed by atoms with Crippen LogP contribution in [0.4, 0.5) is 5.69 Å². The van der Waals surface area contributed by atoms with Crippen LogP contribution >= 0.6 is 38.9 Å². The Kier molecular flexibility index (Phi) is 5.03. The number of amides is 1. The van der Waals surface area contributed by atoms with Crippen LogP contribution in [0.5, 0.6) is 0 Å². The monoisotopic (exact) mass is 424 g/mol. The third kappa shape index (κ3) is 3.24. The molecule has 0 saturated heterocycles. The number of aryl methyl sites for hydroxylation is 1. The molecule has 3 rings (SSSR count). The van der Waals surface area contributed by atoms with Crippen LogP contribution in [0.25, 0.3) is 5.69 Å². The van der Waals surface area contributed by atoms with Gasteiger partial charge in [-0.2, -0.15) is 5.10 Å². The van der Waals surface area contributed by atoms with E-state index < -0.39 is 0 Å². The summed E-state index contributed by atoms with van der Waals surface area (Å²) in [4.78, 5) is 19.6. The normalized spacial score (nSPS) is 10.8. The Morgan fingerprint density at radius 1 is 1.50 bits per heavy atom. The van der Waals surface area contributed by atoms with Crippen LogP contribution < -0.4 is 4.90 Å². The van der Waals surface area contributed by atoms with Crippen molar-refractivity contribution in [3.8, 4) is 5.69 Å². The Labute approximate surface area is 157 Å². The van der Waals surface area contributed by atoms with Gasteiger partial charge in [-0.25, -0.2) is 4.68 Å². The Morgan fingerprint density at radius 3 is 2.88 bits per heavy atom. The van der Waals surface area contributed by atoms with Crippen LogP contribution in [-0.2, 0) is 0 Å². The van der Waals surface area contributed by atoms with Gasteiger partial charge in [-0.05, 0) is 48.0 Å². The Bertz CT molecular complexity index is 878. The van der Waals surface area contributed by atoms with Crippen LogP contribution in [0.15, 0.2) is 40.6 Å². The highest BCUT2D eigenvalue weighted by atomic mass is 79.9. The first-order valence-corrected chi connectivity index (χ1v) is 9.23. The maximum absolute atomic E-state index is 12.9. The molecule has 0 aliphatic carbocycles. The first-order valence-electron chi connectivity index (χ1n) is 7.24. The minimum atomic E-state index is -0.0930. The topological polar surface area (TPSA) is 51.0 Å². The van der Waals surface area contributed by atoms with E-state index in [1.54, 1.807) is 28.2 Å². The van der Waals surface area contributed by atoms with Crippen LogP contribution in [0, 0.1) is 6.92 Å². The second kappa shape index (κ2) is 7.04. The van der Waals surface area contributed by atoms with Gasteiger partial charge in [0.05, 0.1) is 27.4 Å². The Balaban J connectivity index is 1.98. The molecule has 8 heteroatoms. The summed E-state index contributed by atoms with van der Waals surface area (Å²) < 4.78 is 2.55. The molecule has 0 aliphatic heterocycles. The van der Waals surface area contributed by atoms with Crippen molar-refractivity contribution in [2.24, 2.45) is 0 Å². The quantitative estimate of drug-likeness (QED) is 0.608. The molecular formula is C16H14BrClN4OS. The molecule has 3 aromatic heterocycles. The number of halogens is 2. The smallest absolute Gasteiger partial charge is 0.259 e. The van der Waals surface area contributed by atoms with E-state index in [2.05, 4.69) is 26.0 Å². The van der Waals surface area contributed by atoms with E-state index in [9.17, 15) is 4.79 Å². The molecule has 0 unspecified atom stereocenters. The van der Waals surface area contributed by atoms with E-state index in [1.807, 2.05) is 32.0 Å². The predicted molar refractivity (Wildman–Crippen MR) is 100 cm³/mol. The van der Waals surface area contributed by atoms with Crippen LogP contribution in [0.1, 0.15) is 22.2 Å². The van der Waals surface area contributed by atoms with Gasteiger partial charge in [-0.1, -0.05) is 11.6 Å². The van der Waals surface area contributed by atoms with Crippen molar-refractivity contribution in [2.75, 3.05) is 11.4 Å². The summed E-state index contributed by atoms with van der Waals surface area (Å²) in [6.45, 7) is 4.33. The molecule has 0 radical (unpaired) electrons. The second-order valence-electron chi connectivity index (χ2n) is 5.03. The number of carbonyl (C=O) groups is 1. The van der Waals surface area contributed by atoms with Gasteiger partial charge in [-0.15, -0.1) is 11.3 Å². The molecule has 0 aromatic carbocycles. The van der Waals surface area contributed by atoms with E-state index in [0.717, 1.165) is 14.4 Å². The van der Waals surface area contributed by atoms with Crippen molar-refractivity contribution in [2.45, 2.75) is 13.8 Å². The number of rotatable bonds is 4. The standard InChI is InChI=1S/C16H14BrClN4OS/c1-3-21(16(23)12-7-14(17)24-10(12)2)13-9-22(20-15(13)18)11-5-4-6-19-8-11/h4-9H,3H2,1-2H3. The number of aromatic nitrogens is 3. The third-order valence-electron chi connectivity index (χ3n) is 3.53. The molecule has 0 bridgehead atoms. The largest absolute Gasteiger partial charge is 0.304 e. The second-order valence-corrected chi connectivity index (χ2v) is 8.02. The van der Waals surface area contributed by atoms with Gasteiger partial charge >= 0.3 is 0 Å². The zero-order chi connectivity index (χ0) is 17.3. The summed E-state index contributed by atoms with van der Waals surface area (Å²) in [5.74, 6) is -0.0930. The zero-order valence-electron chi connectivity index (χ0n) is 13.0. The minimum Gasteiger partial charge on any atom is -0.304 e. The fourth-order valence-electron chi connectivity index (χ4n) is 2.37. The van der Waals surface area contributed by atoms with Gasteiger partial charge in [0, 0.05) is 17.6 Å². The molecule has 0 N–H and O–H groups in total. The van der Waals surface area contributed by atoms with E-state index >= 15 is 0 Å². The molecule has 1 amide bonds. The highest BCUT2D eigenvalue weighted by Crippen LogP contribution is 2.31. The van der Waals surface area contributed by atoms with Crippen LogP contribution in [-0.4, -0.2) is 27.2 Å². The van der Waals surface area contributed by atoms with Gasteiger partial charge in [-0.3, -0.25) is 9.78 Å². The van der Waals surface area contributed by atoms with Gasteiger partial charge in [0.25, 0.3) is 5.91 Å². The van der Waals surface area contributed by atoms with Gasteiger partial charge < -0.3 is 4.90 Å². The molecular weight excluding hydrogens is 412 g/mol. The number of hydrogen-bond donors (Lipinski definition) is 0. The fraction of sp³-hybridized carbons (Fsp3) is 0.188. The summed E-state index contributed by atoms with van der Waals surface area (Å²) in [6, 6.07) is 5.53. The maximum atomic E-state index is 12.9. The molecule has 0 fully saturated rings. The number of nitrogens with zero attached hydrogens (tertiary/aromatic N) is 4. The molecule has 0 atom stereocenters. The first-order chi connectivity index (χ1) is 11.5. The van der Waals surface area contributed by atoms with E-state index in [0.29, 0.717) is 17.8 Å². The fourth-order valence-corrected chi connectivity index (χ4v) is 4.29. The summed E-state index contributed by atoms with van der Waals surface area (Å²) in [6.07, 6.45) is 5.12. The van der Waals surface area contributed by atoms with Gasteiger partial charge in [0.15, 0.2) is 5.15 Å². The van der Waals surface area contributed by atoms with Crippen molar-refractivity contribution in [3.05, 3.63) is 56.2 Å². The lowest BCUT2D eigenvalue weighted by molar-refractivity contribution is 0.0988. The average molecular weight is 426 g/mol. The van der Waals surface area contributed by atoms with Crippen molar-refractivity contribution < 1.29 is 4.79 Å². The van der Waals surface area contributed by atoms with Crippen molar-refractivity contribution in [1.29, 1.82) is 0 Å². The molecule has 0 saturated carbocycles. The number of thiophene rings is 1. The average Bonchev–Trinajstić information content (AvgIpc) is 3.11. The number of anilines is 1. The molecule has 24 heavy (non-hydrogen) atoms. The van der Waals surface area contributed by atoms with Crippen molar-refractivity contribution in [3.63, 3.8) is 0 Å². The summed E-state index contributed by atoms with van der Waals surface area (Å²) >= 11 is 11.3. The molecule has 5 nitrogen and oxygen atoms in total. The van der Waals surface area contributed by atoms with Crippen LogP contribution in [0.2, 0.25) is 5.15 Å². The van der Waals surface area contributed by atoms with Crippen molar-refractivity contribution >= 4 is 50.5 Å². The highest BCUT2D eigenvalue weighted by Gasteiger charge is 2.24. The minimum absolute atomic E-state index is 0.0930. The predicted octanol–water partition coefficient (Wildman–Crippen LogP) is 4.72. The lowest BCUT2D eigenvalue weighted by Gasteiger charge is -2.19. The SMILES string of the molecule is CCN(C(=O)c1cc(Br)sc1C)c1cn(-c2cccnc2)nc1Cl. The number of hydrogen-bond acceptors (Lipinski definition) is 4. The Hall–Kier alpha value is -1.70. The number of pyridine rings is 1. The molecule has 3 aromatic rings. The maximum Gasteiger partial charge on any atom is 0.259 e. The van der Waals surface area contributed by atoms with Crippen LogP contribution in [0.3, 0.4) is 0 Å². The summed E-state index contributed by atoms with van der Waals surface area (Å²) in [5, 5.41) is 4.57. The highest BCUT2D eigenvalue weighted by molar-refractivity contribution is 9.11. The van der Waals surface area contributed by atoms with E-state index in [1.165, 1.54) is 11.3 Å². The van der Waals surface area contributed by atoms with Gasteiger partial charge in [0.2, 0.25) is 0 Å². The molecule has 3 heterocycles. The lowest BCUT2D eigenvalue weighted by atomic mass is 10.2. The summed E-state index contributed by atoms with van der Waals surface area (Å²) in [5.41, 5.74) is 2.03. The van der Waals surface area contributed by atoms with E-state index in [4.69, 9.17) is 11.6 Å². The zero-order valence-corrected chi connectivity index (χ0v) is 16.2. The van der Waals surface area contributed by atoms with Crippen molar-refractivity contribution in [1.82, 2.24) is 14.8 Å². The Morgan fingerprint density at radius 2 is 2.29 bits per heavy atom. The molecule has 0 spiro atoms. The van der Waals surface area contributed by atoms with E-state index in [-0.39, 0.29) is 11.1 Å². The number of carbonyl (C=O) groups excluding carboxylic acids is 1. The third-order valence-corrected chi connectivity index (χ3v) is 5.35. The lowest BCUT2D eigenvalue weighted by Crippen LogP contribution is -2.30.